The van der Waals surface area contributed by atoms with Crippen LogP contribution in [-0.4, -0.2) is 47.9 Å². The molecule has 0 saturated carbocycles. The molecule has 3 aliphatic rings. The topological polar surface area (TPSA) is 81.7 Å². The zero-order valence-corrected chi connectivity index (χ0v) is 12.0. The SMILES string of the molecule is CC(I)C(=O)OC1C2CC3C(O2)C1NS3(=O)=O. The number of ether oxygens (including phenoxy) is 2. The quantitative estimate of drug-likeness (QED) is 0.403. The van der Waals surface area contributed by atoms with Crippen LogP contribution in [0.5, 0.6) is 0 Å². The lowest BCUT2D eigenvalue weighted by atomic mass is 9.93. The second-order valence-corrected chi connectivity index (χ2v) is 8.42. The predicted molar refractivity (Wildman–Crippen MR) is 66.3 cm³/mol. The minimum atomic E-state index is -3.29. The van der Waals surface area contributed by atoms with E-state index < -0.39 is 27.4 Å². The number of carbonyl (C=O) groups is 1. The summed E-state index contributed by atoms with van der Waals surface area (Å²) in [6, 6.07) is -0.400. The van der Waals surface area contributed by atoms with Gasteiger partial charge in [0.05, 0.1) is 18.2 Å². The van der Waals surface area contributed by atoms with Crippen LogP contribution in [0.1, 0.15) is 13.3 Å². The van der Waals surface area contributed by atoms with Crippen molar-refractivity contribution in [1.29, 1.82) is 0 Å². The molecular weight excluding hydrogens is 361 g/mol. The number of rotatable bonds is 2. The van der Waals surface area contributed by atoms with Crippen LogP contribution < -0.4 is 4.72 Å². The molecule has 3 saturated heterocycles. The van der Waals surface area contributed by atoms with E-state index in [4.69, 9.17) is 9.47 Å². The number of sulfonamides is 1. The highest BCUT2D eigenvalue weighted by Crippen LogP contribution is 2.44. The summed E-state index contributed by atoms with van der Waals surface area (Å²) in [4.78, 5) is 11.5. The van der Waals surface area contributed by atoms with Crippen molar-refractivity contribution in [3.8, 4) is 0 Å². The van der Waals surface area contributed by atoms with Gasteiger partial charge in [0.2, 0.25) is 10.0 Å². The molecule has 3 heterocycles. The van der Waals surface area contributed by atoms with Gasteiger partial charge < -0.3 is 9.47 Å². The lowest BCUT2D eigenvalue weighted by Gasteiger charge is -2.23. The Bertz CT molecular complexity index is 464. The predicted octanol–water partition coefficient (Wildman–Crippen LogP) is -0.437. The number of esters is 1. The highest BCUT2D eigenvalue weighted by Gasteiger charge is 2.65. The van der Waals surface area contributed by atoms with Crippen LogP contribution in [0, 0.1) is 0 Å². The molecule has 2 bridgehead atoms. The summed E-state index contributed by atoms with van der Waals surface area (Å²) in [7, 11) is -3.29. The minimum absolute atomic E-state index is 0.250. The number of nitrogens with one attached hydrogen (secondary N) is 1. The van der Waals surface area contributed by atoms with Crippen LogP contribution >= 0.6 is 22.6 Å². The third-order valence-electron chi connectivity index (χ3n) is 3.51. The normalized spacial score (nSPS) is 47.1. The zero-order chi connectivity index (χ0) is 12.4. The number of carbonyl (C=O) groups excluding carboxylic acids is 1. The van der Waals surface area contributed by atoms with Gasteiger partial charge in [-0.25, -0.2) is 13.1 Å². The summed E-state index contributed by atoms with van der Waals surface area (Å²) in [6.07, 6.45) is -0.686. The molecule has 6 atom stereocenters. The molecule has 3 fully saturated rings. The van der Waals surface area contributed by atoms with Crippen molar-refractivity contribution in [2.45, 2.75) is 46.9 Å². The molecule has 96 valence electrons. The van der Waals surface area contributed by atoms with Crippen molar-refractivity contribution in [2.75, 3.05) is 0 Å². The van der Waals surface area contributed by atoms with Gasteiger partial charge in [-0.2, -0.15) is 0 Å². The van der Waals surface area contributed by atoms with Gasteiger partial charge in [-0.3, -0.25) is 4.79 Å². The molecule has 0 radical (unpaired) electrons. The fraction of sp³-hybridized carbons (Fsp3) is 0.889. The van der Waals surface area contributed by atoms with E-state index in [9.17, 15) is 13.2 Å². The summed E-state index contributed by atoms with van der Waals surface area (Å²) >= 11 is 1.97. The second-order valence-electron chi connectivity index (χ2n) is 4.62. The van der Waals surface area contributed by atoms with Crippen molar-refractivity contribution in [3.63, 3.8) is 0 Å². The monoisotopic (exact) mass is 373 g/mol. The Balaban J connectivity index is 1.81. The first-order valence-corrected chi connectivity index (χ1v) is 8.20. The van der Waals surface area contributed by atoms with E-state index in [0.717, 1.165) is 0 Å². The molecule has 0 aromatic heterocycles. The Morgan fingerprint density at radius 2 is 2.29 bits per heavy atom. The molecule has 3 rings (SSSR count). The lowest BCUT2D eigenvalue weighted by molar-refractivity contribution is -0.150. The zero-order valence-electron chi connectivity index (χ0n) is 9.00. The Morgan fingerprint density at radius 3 is 2.94 bits per heavy atom. The summed E-state index contributed by atoms with van der Waals surface area (Å²) < 4.78 is 36.6. The van der Waals surface area contributed by atoms with E-state index in [1.807, 2.05) is 22.6 Å². The maximum atomic E-state index is 11.7. The van der Waals surface area contributed by atoms with Crippen molar-refractivity contribution in [1.82, 2.24) is 4.72 Å². The lowest BCUT2D eigenvalue weighted by Crippen LogP contribution is -2.45. The Morgan fingerprint density at radius 1 is 1.59 bits per heavy atom. The van der Waals surface area contributed by atoms with E-state index in [2.05, 4.69) is 4.72 Å². The molecule has 0 aromatic rings. The number of alkyl halides is 1. The van der Waals surface area contributed by atoms with Crippen molar-refractivity contribution >= 4 is 38.6 Å². The van der Waals surface area contributed by atoms with Crippen LogP contribution in [-0.2, 0) is 24.3 Å². The van der Waals surface area contributed by atoms with E-state index >= 15 is 0 Å². The molecule has 17 heavy (non-hydrogen) atoms. The fourth-order valence-corrected chi connectivity index (χ4v) is 4.74. The van der Waals surface area contributed by atoms with Gasteiger partial charge >= 0.3 is 5.97 Å². The molecular formula is C9H12INO5S. The van der Waals surface area contributed by atoms with E-state index in [1.165, 1.54) is 0 Å². The maximum Gasteiger partial charge on any atom is 0.319 e. The van der Waals surface area contributed by atoms with Crippen molar-refractivity contribution in [2.24, 2.45) is 0 Å². The first-order chi connectivity index (χ1) is 7.90. The summed E-state index contributed by atoms with van der Waals surface area (Å²) in [6.45, 7) is 1.73. The molecule has 0 aromatic carbocycles. The van der Waals surface area contributed by atoms with Gasteiger partial charge in [0.25, 0.3) is 0 Å². The van der Waals surface area contributed by atoms with Crippen LogP contribution in [0.3, 0.4) is 0 Å². The van der Waals surface area contributed by atoms with Crippen LogP contribution in [0.4, 0.5) is 0 Å². The summed E-state index contributed by atoms with van der Waals surface area (Å²) in [5.41, 5.74) is 0. The first kappa shape index (κ1) is 12.1. The van der Waals surface area contributed by atoms with Gasteiger partial charge in [-0.05, 0) is 13.3 Å². The van der Waals surface area contributed by atoms with Gasteiger partial charge in [-0.1, -0.05) is 22.6 Å². The molecule has 0 amide bonds. The Labute approximate surface area is 113 Å². The maximum absolute atomic E-state index is 11.7. The molecule has 3 aliphatic heterocycles. The third-order valence-corrected chi connectivity index (χ3v) is 5.88. The molecule has 6 unspecified atom stereocenters. The van der Waals surface area contributed by atoms with Crippen molar-refractivity contribution < 1.29 is 22.7 Å². The largest absolute Gasteiger partial charge is 0.457 e. The number of fused-ring (bicyclic) bond motifs is 1. The molecule has 6 nitrogen and oxygen atoms in total. The molecule has 0 spiro atoms. The van der Waals surface area contributed by atoms with Crippen LogP contribution in [0.25, 0.3) is 0 Å². The van der Waals surface area contributed by atoms with Crippen LogP contribution in [0.15, 0.2) is 0 Å². The van der Waals surface area contributed by atoms with Gasteiger partial charge in [-0.15, -0.1) is 0 Å². The number of halogens is 1. The molecule has 0 aliphatic carbocycles. The number of hydrogen-bond acceptors (Lipinski definition) is 5. The standard InChI is InChI=1S/C9H12INO5S/c1-3(10)9(12)16-7-4-2-5-8(15-4)6(7)11-17(5,13)14/h3-8,11H,2H2,1H3. The third kappa shape index (κ3) is 1.71. The Kier molecular flexibility index (Phi) is 2.70. The Hall–Kier alpha value is 0.0700. The minimum Gasteiger partial charge on any atom is -0.457 e. The average molecular weight is 373 g/mol. The van der Waals surface area contributed by atoms with E-state index in [0.29, 0.717) is 6.42 Å². The highest BCUT2D eigenvalue weighted by molar-refractivity contribution is 14.1. The highest BCUT2D eigenvalue weighted by atomic mass is 127. The van der Waals surface area contributed by atoms with Gasteiger partial charge in [0.1, 0.15) is 15.3 Å². The van der Waals surface area contributed by atoms with E-state index in [-0.39, 0.29) is 22.1 Å². The average Bonchev–Trinajstić information content (AvgIpc) is 2.81. The molecule has 1 N–H and O–H groups in total. The van der Waals surface area contributed by atoms with Gasteiger partial charge in [0.15, 0.2) is 0 Å². The fourth-order valence-electron chi connectivity index (χ4n) is 2.75. The first-order valence-electron chi connectivity index (χ1n) is 5.41. The molecule has 8 heteroatoms. The number of hydrogen-bond donors (Lipinski definition) is 1. The van der Waals surface area contributed by atoms with Crippen LogP contribution in [0.2, 0.25) is 0 Å². The summed E-state index contributed by atoms with van der Waals surface area (Å²) in [5.74, 6) is -0.325. The summed E-state index contributed by atoms with van der Waals surface area (Å²) in [5, 5.41) is -0.468. The second kappa shape index (κ2) is 3.78. The van der Waals surface area contributed by atoms with E-state index in [1.54, 1.807) is 6.92 Å². The van der Waals surface area contributed by atoms with Crippen molar-refractivity contribution in [3.05, 3.63) is 0 Å². The smallest absolute Gasteiger partial charge is 0.319 e. The van der Waals surface area contributed by atoms with Gasteiger partial charge in [0, 0.05) is 0 Å².